The fraction of sp³-hybridized carbons (Fsp3) is 0.765. The molecule has 1 aromatic heterocycles. The van der Waals surface area contributed by atoms with Crippen molar-refractivity contribution in [1.82, 2.24) is 10.2 Å². The van der Waals surface area contributed by atoms with Gasteiger partial charge in [-0.1, -0.05) is 27.7 Å². The number of nitrogens with one attached hydrogen (secondary N) is 1. The van der Waals surface area contributed by atoms with Crippen LogP contribution in [-0.2, 0) is 6.54 Å². The number of hydrogen-bond donors (Lipinski definition) is 1. The van der Waals surface area contributed by atoms with Gasteiger partial charge in [0.2, 0.25) is 0 Å². The Morgan fingerprint density at radius 3 is 2.60 bits per heavy atom. The molecule has 2 heterocycles. The minimum absolute atomic E-state index is 0.656. The van der Waals surface area contributed by atoms with E-state index in [1.54, 1.807) is 0 Å². The summed E-state index contributed by atoms with van der Waals surface area (Å²) in [4.78, 5) is 2.71. The van der Waals surface area contributed by atoms with Crippen molar-refractivity contribution < 1.29 is 0 Å². The molecule has 1 fully saturated rings. The normalized spacial score (nSPS) is 24.8. The van der Waals surface area contributed by atoms with Gasteiger partial charge in [0.1, 0.15) is 0 Å². The van der Waals surface area contributed by atoms with Crippen molar-refractivity contribution in [2.75, 3.05) is 13.1 Å². The monoisotopic (exact) mass is 294 g/mol. The zero-order valence-corrected chi connectivity index (χ0v) is 14.5. The van der Waals surface area contributed by atoms with E-state index >= 15 is 0 Å². The molecule has 2 rings (SSSR count). The van der Waals surface area contributed by atoms with Crippen LogP contribution in [-0.4, -0.2) is 30.1 Å². The molecule has 20 heavy (non-hydrogen) atoms. The lowest BCUT2D eigenvalue weighted by molar-refractivity contribution is 0.0851. The molecule has 0 aromatic carbocycles. The molecule has 0 saturated carbocycles. The topological polar surface area (TPSA) is 15.3 Å². The molecule has 1 N–H and O–H groups in total. The number of thiophene rings is 1. The maximum absolute atomic E-state index is 3.77. The fourth-order valence-electron chi connectivity index (χ4n) is 3.23. The lowest BCUT2D eigenvalue weighted by Crippen LogP contribution is -2.58. The number of nitrogens with zero attached hydrogens (tertiary/aromatic N) is 1. The minimum atomic E-state index is 0.656. The summed E-state index contributed by atoms with van der Waals surface area (Å²) in [6.07, 6.45) is 1.28. The standard InChI is InChI=1S/C17H30N2S/c1-12(2)6-16-9-19(17(7-18-16)13(3)4)8-15-11-20-10-14(15)5/h10-13,16-18H,6-9H2,1-5H3. The van der Waals surface area contributed by atoms with Gasteiger partial charge < -0.3 is 5.32 Å². The van der Waals surface area contributed by atoms with Gasteiger partial charge >= 0.3 is 0 Å². The second-order valence-electron chi connectivity index (χ2n) is 7.06. The summed E-state index contributed by atoms with van der Waals surface area (Å²) < 4.78 is 0. The molecule has 0 amide bonds. The summed E-state index contributed by atoms with van der Waals surface area (Å²) in [5.74, 6) is 1.48. The first kappa shape index (κ1) is 16.0. The minimum Gasteiger partial charge on any atom is -0.311 e. The molecule has 1 saturated heterocycles. The van der Waals surface area contributed by atoms with E-state index in [9.17, 15) is 0 Å². The third-order valence-corrected chi connectivity index (χ3v) is 5.31. The molecule has 114 valence electrons. The Morgan fingerprint density at radius 1 is 1.30 bits per heavy atom. The molecule has 0 bridgehead atoms. The van der Waals surface area contributed by atoms with E-state index in [1.165, 1.54) is 24.1 Å². The van der Waals surface area contributed by atoms with E-state index in [2.05, 4.69) is 55.6 Å². The maximum Gasteiger partial charge on any atom is 0.0248 e. The number of piperazine rings is 1. The first-order chi connectivity index (χ1) is 9.47. The molecule has 1 aromatic rings. The number of rotatable bonds is 5. The van der Waals surface area contributed by atoms with Crippen LogP contribution in [0, 0.1) is 18.8 Å². The van der Waals surface area contributed by atoms with Crippen LogP contribution in [0.25, 0.3) is 0 Å². The highest BCUT2D eigenvalue weighted by Crippen LogP contribution is 2.23. The molecule has 2 nitrogen and oxygen atoms in total. The summed E-state index contributed by atoms with van der Waals surface area (Å²) in [6, 6.07) is 1.32. The van der Waals surface area contributed by atoms with Crippen molar-refractivity contribution in [3.63, 3.8) is 0 Å². The lowest BCUT2D eigenvalue weighted by Gasteiger charge is -2.43. The van der Waals surface area contributed by atoms with Crippen LogP contribution in [0.2, 0.25) is 0 Å². The summed E-state index contributed by atoms with van der Waals surface area (Å²) in [5, 5.41) is 8.36. The molecule has 3 heteroatoms. The van der Waals surface area contributed by atoms with Gasteiger partial charge in [0.05, 0.1) is 0 Å². The van der Waals surface area contributed by atoms with Crippen molar-refractivity contribution in [2.45, 2.75) is 59.7 Å². The molecule has 1 aliphatic heterocycles. The molecular formula is C17H30N2S. The Labute approximate surface area is 128 Å². The highest BCUT2D eigenvalue weighted by atomic mass is 32.1. The summed E-state index contributed by atoms with van der Waals surface area (Å²) in [7, 11) is 0. The Kier molecular flexibility index (Phi) is 5.65. The van der Waals surface area contributed by atoms with E-state index in [4.69, 9.17) is 0 Å². The zero-order valence-electron chi connectivity index (χ0n) is 13.6. The maximum atomic E-state index is 3.77. The van der Waals surface area contributed by atoms with E-state index in [0.717, 1.165) is 19.0 Å². The van der Waals surface area contributed by atoms with E-state index in [1.807, 2.05) is 11.3 Å². The molecule has 0 spiro atoms. The van der Waals surface area contributed by atoms with Gasteiger partial charge in [0.25, 0.3) is 0 Å². The van der Waals surface area contributed by atoms with E-state index < -0.39 is 0 Å². The number of hydrogen-bond acceptors (Lipinski definition) is 3. The summed E-state index contributed by atoms with van der Waals surface area (Å²) >= 11 is 1.83. The van der Waals surface area contributed by atoms with Crippen LogP contribution in [0.4, 0.5) is 0 Å². The zero-order chi connectivity index (χ0) is 14.7. The Balaban J connectivity index is 2.05. The third-order valence-electron chi connectivity index (χ3n) is 4.40. The summed E-state index contributed by atoms with van der Waals surface area (Å²) in [5.41, 5.74) is 2.97. The van der Waals surface area contributed by atoms with Gasteiger partial charge in [-0.25, -0.2) is 0 Å². The average molecular weight is 295 g/mol. The first-order valence-electron chi connectivity index (χ1n) is 7.96. The smallest absolute Gasteiger partial charge is 0.0248 e. The van der Waals surface area contributed by atoms with Gasteiger partial charge in [-0.15, -0.1) is 0 Å². The molecule has 2 unspecified atom stereocenters. The fourth-order valence-corrected chi connectivity index (χ4v) is 4.08. The van der Waals surface area contributed by atoms with Crippen LogP contribution in [0.3, 0.4) is 0 Å². The van der Waals surface area contributed by atoms with Crippen molar-refractivity contribution >= 4 is 11.3 Å². The van der Waals surface area contributed by atoms with Crippen LogP contribution >= 0.6 is 11.3 Å². The molecule has 1 aliphatic rings. The van der Waals surface area contributed by atoms with Crippen molar-refractivity contribution in [1.29, 1.82) is 0 Å². The predicted octanol–water partition coefficient (Wildman–Crippen LogP) is 3.90. The number of aryl methyl sites for hydroxylation is 1. The third kappa shape index (κ3) is 4.06. The second-order valence-corrected chi connectivity index (χ2v) is 7.80. The average Bonchev–Trinajstić information content (AvgIpc) is 2.74. The molecular weight excluding hydrogens is 264 g/mol. The van der Waals surface area contributed by atoms with Crippen LogP contribution in [0.5, 0.6) is 0 Å². The van der Waals surface area contributed by atoms with Gasteiger partial charge in [0.15, 0.2) is 0 Å². The Bertz CT molecular complexity index is 411. The second kappa shape index (κ2) is 7.06. The Hall–Kier alpha value is -0.380. The highest BCUT2D eigenvalue weighted by Gasteiger charge is 2.30. The van der Waals surface area contributed by atoms with Crippen molar-refractivity contribution in [2.24, 2.45) is 11.8 Å². The van der Waals surface area contributed by atoms with Gasteiger partial charge in [0, 0.05) is 31.7 Å². The van der Waals surface area contributed by atoms with Gasteiger partial charge in [-0.2, -0.15) is 11.3 Å². The van der Waals surface area contributed by atoms with Crippen LogP contribution in [0.1, 0.15) is 45.2 Å². The van der Waals surface area contributed by atoms with E-state index in [0.29, 0.717) is 18.0 Å². The Morgan fingerprint density at radius 2 is 2.05 bits per heavy atom. The predicted molar refractivity (Wildman–Crippen MR) is 89.3 cm³/mol. The molecule has 0 aliphatic carbocycles. The molecule has 0 radical (unpaired) electrons. The van der Waals surface area contributed by atoms with Crippen LogP contribution < -0.4 is 5.32 Å². The largest absolute Gasteiger partial charge is 0.311 e. The van der Waals surface area contributed by atoms with E-state index in [-0.39, 0.29) is 0 Å². The quantitative estimate of drug-likeness (QED) is 0.886. The van der Waals surface area contributed by atoms with Crippen LogP contribution in [0.15, 0.2) is 10.8 Å². The molecule has 2 atom stereocenters. The van der Waals surface area contributed by atoms with Gasteiger partial charge in [-0.3, -0.25) is 4.90 Å². The summed E-state index contributed by atoms with van der Waals surface area (Å²) in [6.45, 7) is 15.0. The lowest BCUT2D eigenvalue weighted by atomic mass is 9.94. The highest BCUT2D eigenvalue weighted by molar-refractivity contribution is 7.08. The van der Waals surface area contributed by atoms with Crippen molar-refractivity contribution in [3.8, 4) is 0 Å². The van der Waals surface area contributed by atoms with Gasteiger partial charge in [-0.05, 0) is 47.1 Å². The van der Waals surface area contributed by atoms with Crippen molar-refractivity contribution in [3.05, 3.63) is 21.9 Å². The SMILES string of the molecule is Cc1cscc1CN1CC(CC(C)C)NCC1C(C)C. The first-order valence-corrected chi connectivity index (χ1v) is 8.90.